The van der Waals surface area contributed by atoms with Crippen molar-refractivity contribution >= 4 is 17.7 Å². The molecule has 0 aliphatic carbocycles. The molecule has 1 fully saturated rings. The number of nitriles is 1. The number of nitrogens with one attached hydrogen (secondary N) is 1. The summed E-state index contributed by atoms with van der Waals surface area (Å²) in [6, 6.07) is 7.62. The summed E-state index contributed by atoms with van der Waals surface area (Å²) in [6.07, 6.45) is -0.0458. The molecule has 1 aliphatic rings. The van der Waals surface area contributed by atoms with Crippen molar-refractivity contribution < 1.29 is 19.1 Å². The molecule has 0 bridgehead atoms. The summed E-state index contributed by atoms with van der Waals surface area (Å²) in [4.78, 5) is 35.7. The Kier molecular flexibility index (Phi) is 4.18. The molecule has 1 saturated heterocycles. The van der Waals surface area contributed by atoms with Gasteiger partial charge < -0.3 is 10.1 Å². The predicted octanol–water partition coefficient (Wildman–Crippen LogP) is -0.189. The highest BCUT2D eigenvalue weighted by Gasteiger charge is 2.36. The van der Waals surface area contributed by atoms with Crippen molar-refractivity contribution in [3.8, 4) is 11.8 Å². The molecule has 1 aromatic carbocycles. The minimum atomic E-state index is -0.843. The van der Waals surface area contributed by atoms with E-state index in [1.54, 1.807) is 24.3 Å². The fourth-order valence-electron chi connectivity index (χ4n) is 1.93. The normalized spacial score (nSPS) is 17.5. The molecule has 7 nitrogen and oxygen atoms in total. The smallest absolute Gasteiger partial charge is 0.258 e. The fourth-order valence-corrected chi connectivity index (χ4v) is 1.93. The molecule has 1 heterocycles. The Bertz CT molecular complexity index is 635. The average molecular weight is 287 g/mol. The van der Waals surface area contributed by atoms with Gasteiger partial charge in [-0.25, -0.2) is 0 Å². The molecule has 1 aromatic rings. The average Bonchev–Trinajstić information content (AvgIpc) is 2.72. The van der Waals surface area contributed by atoms with Crippen LogP contribution in [0.3, 0.4) is 0 Å². The van der Waals surface area contributed by atoms with Crippen molar-refractivity contribution in [3.05, 3.63) is 29.8 Å². The van der Waals surface area contributed by atoms with E-state index in [0.29, 0.717) is 11.3 Å². The number of carbonyl (C=O) groups is 3. The number of amides is 3. The van der Waals surface area contributed by atoms with E-state index < -0.39 is 17.9 Å². The van der Waals surface area contributed by atoms with Gasteiger partial charge in [-0.3, -0.25) is 19.3 Å². The third-order valence-electron chi connectivity index (χ3n) is 3.08. The minimum absolute atomic E-state index is 0.0458. The second-order valence-corrected chi connectivity index (χ2v) is 4.51. The lowest BCUT2D eigenvalue weighted by Crippen LogP contribution is -2.42. The van der Waals surface area contributed by atoms with Gasteiger partial charge in [0.05, 0.1) is 12.0 Å². The SMILES string of the molecule is CN1C(=O)CC(NC(=O)COc2ccccc2C#N)C1=O. The Labute approximate surface area is 121 Å². The number of hydrogen-bond donors (Lipinski definition) is 1. The Hall–Kier alpha value is -2.88. The third kappa shape index (κ3) is 3.17. The zero-order valence-electron chi connectivity index (χ0n) is 11.3. The van der Waals surface area contributed by atoms with Gasteiger partial charge in [-0.15, -0.1) is 0 Å². The van der Waals surface area contributed by atoms with E-state index in [0.717, 1.165) is 4.90 Å². The molecule has 3 amide bonds. The van der Waals surface area contributed by atoms with Crippen LogP contribution in [0, 0.1) is 11.3 Å². The molecule has 1 unspecified atom stereocenters. The quantitative estimate of drug-likeness (QED) is 0.774. The Morgan fingerprint density at radius 3 is 2.81 bits per heavy atom. The Morgan fingerprint density at radius 2 is 2.19 bits per heavy atom. The van der Waals surface area contributed by atoms with Crippen LogP contribution >= 0.6 is 0 Å². The maximum atomic E-state index is 11.7. The number of nitrogens with zero attached hydrogens (tertiary/aromatic N) is 2. The molecule has 2 rings (SSSR count). The maximum Gasteiger partial charge on any atom is 0.258 e. The number of likely N-dealkylation sites (tertiary alicyclic amines) is 1. The van der Waals surface area contributed by atoms with Crippen LogP contribution in [-0.2, 0) is 14.4 Å². The fraction of sp³-hybridized carbons (Fsp3) is 0.286. The van der Waals surface area contributed by atoms with E-state index in [4.69, 9.17) is 10.00 Å². The van der Waals surface area contributed by atoms with Gasteiger partial charge in [-0.1, -0.05) is 12.1 Å². The molecule has 0 saturated carbocycles. The van der Waals surface area contributed by atoms with Crippen LogP contribution in [-0.4, -0.2) is 42.3 Å². The summed E-state index contributed by atoms with van der Waals surface area (Å²) in [7, 11) is 1.37. The molecule has 1 N–H and O–H groups in total. The number of carbonyl (C=O) groups excluding carboxylic acids is 3. The summed E-state index contributed by atoms with van der Waals surface area (Å²) in [6.45, 7) is -0.333. The minimum Gasteiger partial charge on any atom is -0.482 e. The van der Waals surface area contributed by atoms with Crippen LogP contribution in [0.25, 0.3) is 0 Å². The predicted molar refractivity (Wildman–Crippen MR) is 71.0 cm³/mol. The zero-order chi connectivity index (χ0) is 15.4. The van der Waals surface area contributed by atoms with Gasteiger partial charge in [0.15, 0.2) is 6.61 Å². The monoisotopic (exact) mass is 287 g/mol. The lowest BCUT2D eigenvalue weighted by Gasteiger charge is -2.12. The number of likely N-dealkylation sites (N-methyl/N-ethyl adjacent to an activating group) is 1. The van der Waals surface area contributed by atoms with Gasteiger partial charge >= 0.3 is 0 Å². The molecule has 0 aromatic heterocycles. The first-order valence-corrected chi connectivity index (χ1v) is 6.24. The largest absolute Gasteiger partial charge is 0.482 e. The van der Waals surface area contributed by atoms with Gasteiger partial charge in [0.25, 0.3) is 11.8 Å². The van der Waals surface area contributed by atoms with Crippen molar-refractivity contribution in [3.63, 3.8) is 0 Å². The lowest BCUT2D eigenvalue weighted by molar-refractivity contribution is -0.138. The lowest BCUT2D eigenvalue weighted by atomic mass is 10.2. The molecule has 108 valence electrons. The van der Waals surface area contributed by atoms with E-state index in [9.17, 15) is 14.4 Å². The second-order valence-electron chi connectivity index (χ2n) is 4.51. The first-order valence-electron chi connectivity index (χ1n) is 6.24. The zero-order valence-corrected chi connectivity index (χ0v) is 11.3. The number of imide groups is 1. The number of benzene rings is 1. The third-order valence-corrected chi connectivity index (χ3v) is 3.08. The van der Waals surface area contributed by atoms with E-state index in [1.165, 1.54) is 7.05 Å². The molecule has 1 atom stereocenters. The van der Waals surface area contributed by atoms with Crippen molar-refractivity contribution in [2.45, 2.75) is 12.5 Å². The topological polar surface area (TPSA) is 99.5 Å². The standard InChI is InChI=1S/C14H13N3O4/c1-17-13(19)6-10(14(17)20)16-12(18)8-21-11-5-3-2-4-9(11)7-15/h2-5,10H,6,8H2,1H3,(H,16,18). The van der Waals surface area contributed by atoms with E-state index in [2.05, 4.69) is 5.32 Å². The van der Waals surface area contributed by atoms with Crippen LogP contribution < -0.4 is 10.1 Å². The number of rotatable bonds is 4. The molecule has 21 heavy (non-hydrogen) atoms. The van der Waals surface area contributed by atoms with E-state index >= 15 is 0 Å². The Balaban J connectivity index is 1.90. The summed E-state index contributed by atoms with van der Waals surface area (Å²) >= 11 is 0. The molecule has 7 heteroatoms. The highest BCUT2D eigenvalue weighted by Crippen LogP contribution is 2.16. The van der Waals surface area contributed by atoms with Gasteiger partial charge in [-0.2, -0.15) is 5.26 Å². The highest BCUT2D eigenvalue weighted by molar-refractivity contribution is 6.06. The van der Waals surface area contributed by atoms with Crippen LogP contribution in [0.2, 0.25) is 0 Å². The first kappa shape index (κ1) is 14.5. The summed E-state index contributed by atoms with van der Waals surface area (Å²) in [5, 5.41) is 11.3. The molecule has 0 radical (unpaired) electrons. The molecule has 1 aliphatic heterocycles. The summed E-state index contributed by atoms with van der Waals surface area (Å²) in [5.41, 5.74) is 0.317. The Morgan fingerprint density at radius 1 is 1.48 bits per heavy atom. The van der Waals surface area contributed by atoms with Crippen molar-refractivity contribution in [2.24, 2.45) is 0 Å². The summed E-state index contributed by atoms with van der Waals surface area (Å²) < 4.78 is 5.24. The van der Waals surface area contributed by atoms with E-state index in [1.807, 2.05) is 6.07 Å². The first-order chi connectivity index (χ1) is 10.0. The molecular weight excluding hydrogens is 274 g/mol. The van der Waals surface area contributed by atoms with Crippen molar-refractivity contribution in [1.29, 1.82) is 5.26 Å². The van der Waals surface area contributed by atoms with Crippen LogP contribution in [0.5, 0.6) is 5.75 Å². The maximum absolute atomic E-state index is 11.7. The van der Waals surface area contributed by atoms with Crippen LogP contribution in [0.15, 0.2) is 24.3 Å². The van der Waals surface area contributed by atoms with Crippen LogP contribution in [0.1, 0.15) is 12.0 Å². The molecule has 0 spiro atoms. The number of ether oxygens (including phenoxy) is 1. The highest BCUT2D eigenvalue weighted by atomic mass is 16.5. The van der Waals surface area contributed by atoms with Gasteiger partial charge in [0.1, 0.15) is 17.9 Å². The van der Waals surface area contributed by atoms with E-state index in [-0.39, 0.29) is 18.9 Å². The number of para-hydroxylation sites is 1. The molecular formula is C14H13N3O4. The second kappa shape index (κ2) is 6.05. The van der Waals surface area contributed by atoms with Gasteiger partial charge in [-0.05, 0) is 12.1 Å². The van der Waals surface area contributed by atoms with Crippen molar-refractivity contribution in [1.82, 2.24) is 10.2 Å². The van der Waals surface area contributed by atoms with Crippen molar-refractivity contribution in [2.75, 3.05) is 13.7 Å². The van der Waals surface area contributed by atoms with Gasteiger partial charge in [0, 0.05) is 7.05 Å². The summed E-state index contributed by atoms with van der Waals surface area (Å²) in [5.74, 6) is -1.00. The van der Waals surface area contributed by atoms with Crippen LogP contribution in [0.4, 0.5) is 0 Å². The number of hydrogen-bond acceptors (Lipinski definition) is 5. The van der Waals surface area contributed by atoms with Gasteiger partial charge in [0.2, 0.25) is 5.91 Å².